The highest BCUT2D eigenvalue weighted by Crippen LogP contribution is 2.30. The van der Waals surface area contributed by atoms with Gasteiger partial charge in [0.2, 0.25) is 5.91 Å². The zero-order valence-corrected chi connectivity index (χ0v) is 17.1. The van der Waals surface area contributed by atoms with Gasteiger partial charge in [-0.05, 0) is 55.8 Å². The lowest BCUT2D eigenvalue weighted by molar-refractivity contribution is -0.121. The summed E-state index contributed by atoms with van der Waals surface area (Å²) in [7, 11) is 0. The minimum atomic E-state index is -0.464. The highest BCUT2D eigenvalue weighted by atomic mass is 32.1. The number of thiophene rings is 1. The van der Waals surface area contributed by atoms with Crippen molar-refractivity contribution < 1.29 is 14.3 Å². The van der Waals surface area contributed by atoms with Gasteiger partial charge >= 0.3 is 0 Å². The maximum Gasteiger partial charge on any atom is 0.264 e. The molecule has 1 aliphatic heterocycles. The monoisotopic (exact) mass is 415 g/mol. The normalized spacial score (nSPS) is 16.9. The number of carbonyl (C=O) groups is 2. The van der Waals surface area contributed by atoms with E-state index < -0.39 is 6.04 Å². The first-order valence-corrected chi connectivity index (χ1v) is 11.0. The minimum absolute atomic E-state index is 0.0690. The fourth-order valence-corrected chi connectivity index (χ4v) is 4.97. The van der Waals surface area contributed by atoms with Crippen LogP contribution in [0.2, 0.25) is 0 Å². The van der Waals surface area contributed by atoms with E-state index in [0.29, 0.717) is 29.6 Å². The van der Waals surface area contributed by atoms with Gasteiger partial charge in [-0.25, -0.2) is 4.98 Å². The number of thiazole rings is 1. The number of ether oxygens (including phenoxy) is 1. The van der Waals surface area contributed by atoms with Crippen LogP contribution in [0.15, 0.2) is 35.7 Å². The summed E-state index contributed by atoms with van der Waals surface area (Å²) in [6.45, 7) is 3.14. The average Bonchev–Trinajstić information content (AvgIpc) is 3.37. The van der Waals surface area contributed by atoms with Crippen molar-refractivity contribution in [2.45, 2.75) is 32.2 Å². The Labute approximate surface area is 171 Å². The number of benzene rings is 1. The van der Waals surface area contributed by atoms with Gasteiger partial charge in [0.1, 0.15) is 11.8 Å². The summed E-state index contributed by atoms with van der Waals surface area (Å²) in [5.74, 6) is 0.547. The fraction of sp³-hybridized carbons (Fsp3) is 0.350. The number of nitrogens with one attached hydrogen (secondary N) is 1. The van der Waals surface area contributed by atoms with Crippen molar-refractivity contribution in [3.05, 3.63) is 40.6 Å². The van der Waals surface area contributed by atoms with Gasteiger partial charge in [-0.3, -0.25) is 9.59 Å². The van der Waals surface area contributed by atoms with E-state index in [1.54, 1.807) is 11.0 Å². The van der Waals surface area contributed by atoms with Crippen LogP contribution in [0.25, 0.3) is 10.2 Å². The number of rotatable bonds is 5. The highest BCUT2D eigenvalue weighted by molar-refractivity contribution is 7.22. The molecule has 2 amide bonds. The largest absolute Gasteiger partial charge is 0.494 e. The molecule has 1 atom stereocenters. The van der Waals surface area contributed by atoms with Crippen LogP contribution < -0.4 is 10.1 Å². The number of fused-ring (bicyclic) bond motifs is 1. The Hall–Kier alpha value is -2.45. The second-order valence-electron chi connectivity index (χ2n) is 6.56. The molecule has 3 aromatic rings. The number of carbonyl (C=O) groups excluding carboxylic acids is 2. The molecular weight excluding hydrogens is 394 g/mol. The molecule has 0 saturated carbocycles. The standard InChI is InChI=1S/C20H21N3O3S2/c1-2-26-13-8-9-14-17(12-13)28-20(21-14)22-18(24)15-6-3-4-10-23(15)19(25)16-7-5-11-27-16/h5,7-9,11-12,15H,2-4,6,10H2,1H3,(H,21,22,24). The quantitative estimate of drug-likeness (QED) is 0.671. The van der Waals surface area contributed by atoms with Crippen LogP contribution in [-0.2, 0) is 4.79 Å². The summed E-state index contributed by atoms with van der Waals surface area (Å²) >= 11 is 2.82. The number of piperidine rings is 1. The van der Waals surface area contributed by atoms with Crippen molar-refractivity contribution in [2.24, 2.45) is 0 Å². The molecule has 1 aromatic carbocycles. The Morgan fingerprint density at radius 1 is 1.32 bits per heavy atom. The first kappa shape index (κ1) is 18.9. The second-order valence-corrected chi connectivity index (χ2v) is 8.54. The molecule has 8 heteroatoms. The lowest BCUT2D eigenvalue weighted by Gasteiger charge is -2.34. The van der Waals surface area contributed by atoms with Gasteiger partial charge < -0.3 is 15.0 Å². The van der Waals surface area contributed by atoms with E-state index in [4.69, 9.17) is 4.74 Å². The van der Waals surface area contributed by atoms with Crippen LogP contribution in [0.5, 0.6) is 5.75 Å². The molecule has 0 bridgehead atoms. The van der Waals surface area contributed by atoms with Gasteiger partial charge in [0, 0.05) is 6.54 Å². The van der Waals surface area contributed by atoms with Crippen molar-refractivity contribution in [1.29, 1.82) is 0 Å². The molecule has 6 nitrogen and oxygen atoms in total. The zero-order chi connectivity index (χ0) is 19.5. The third-order valence-corrected chi connectivity index (χ3v) is 6.49. The molecule has 1 unspecified atom stereocenters. The average molecular weight is 416 g/mol. The van der Waals surface area contributed by atoms with Crippen LogP contribution >= 0.6 is 22.7 Å². The van der Waals surface area contributed by atoms with E-state index in [1.807, 2.05) is 36.6 Å². The van der Waals surface area contributed by atoms with Crippen molar-refractivity contribution in [1.82, 2.24) is 9.88 Å². The Bertz CT molecular complexity index is 984. The smallest absolute Gasteiger partial charge is 0.264 e. The molecule has 0 spiro atoms. The topological polar surface area (TPSA) is 71.5 Å². The number of nitrogens with zero attached hydrogens (tertiary/aromatic N) is 2. The van der Waals surface area contributed by atoms with E-state index in [-0.39, 0.29) is 11.8 Å². The zero-order valence-electron chi connectivity index (χ0n) is 15.5. The van der Waals surface area contributed by atoms with Gasteiger partial charge in [0.05, 0.1) is 21.7 Å². The van der Waals surface area contributed by atoms with Crippen molar-refractivity contribution >= 4 is 49.8 Å². The second kappa shape index (κ2) is 8.28. The molecular formula is C20H21N3O3S2. The van der Waals surface area contributed by atoms with E-state index in [0.717, 1.165) is 28.8 Å². The fourth-order valence-electron chi connectivity index (χ4n) is 3.39. The minimum Gasteiger partial charge on any atom is -0.494 e. The lowest BCUT2D eigenvalue weighted by atomic mass is 10.0. The maximum absolute atomic E-state index is 12.9. The van der Waals surface area contributed by atoms with E-state index >= 15 is 0 Å². The Kier molecular flexibility index (Phi) is 5.59. The Morgan fingerprint density at radius 3 is 3.00 bits per heavy atom. The van der Waals surface area contributed by atoms with Crippen molar-refractivity contribution in [3.63, 3.8) is 0 Å². The molecule has 3 heterocycles. The van der Waals surface area contributed by atoms with Crippen molar-refractivity contribution in [3.8, 4) is 5.75 Å². The van der Waals surface area contributed by atoms with Gasteiger partial charge in [-0.15, -0.1) is 11.3 Å². The summed E-state index contributed by atoms with van der Waals surface area (Å²) in [6.07, 6.45) is 2.52. The summed E-state index contributed by atoms with van der Waals surface area (Å²) in [4.78, 5) is 32.6. The number of aromatic nitrogens is 1. The summed E-state index contributed by atoms with van der Waals surface area (Å²) in [6, 6.07) is 8.89. The van der Waals surface area contributed by atoms with E-state index in [9.17, 15) is 9.59 Å². The number of anilines is 1. The molecule has 1 fully saturated rings. The van der Waals surface area contributed by atoms with Crippen molar-refractivity contribution in [2.75, 3.05) is 18.5 Å². The first-order chi connectivity index (χ1) is 13.7. The molecule has 1 N–H and O–H groups in total. The van der Waals surface area contributed by atoms with Crippen LogP contribution in [0.3, 0.4) is 0 Å². The predicted molar refractivity (Wildman–Crippen MR) is 112 cm³/mol. The van der Waals surface area contributed by atoms with E-state index in [1.165, 1.54) is 22.7 Å². The third kappa shape index (κ3) is 3.88. The number of hydrogen-bond donors (Lipinski definition) is 1. The highest BCUT2D eigenvalue weighted by Gasteiger charge is 2.33. The molecule has 4 rings (SSSR count). The van der Waals surface area contributed by atoms with Gasteiger partial charge in [0.15, 0.2) is 5.13 Å². The predicted octanol–water partition coefficient (Wildman–Crippen LogP) is 4.39. The molecule has 2 aromatic heterocycles. The molecule has 28 heavy (non-hydrogen) atoms. The van der Waals surface area contributed by atoms with E-state index in [2.05, 4.69) is 10.3 Å². The summed E-state index contributed by atoms with van der Waals surface area (Å²) < 4.78 is 6.48. The molecule has 1 aliphatic rings. The molecule has 1 saturated heterocycles. The Balaban J connectivity index is 1.51. The maximum atomic E-state index is 12.9. The number of hydrogen-bond acceptors (Lipinski definition) is 6. The Morgan fingerprint density at radius 2 is 2.21 bits per heavy atom. The lowest BCUT2D eigenvalue weighted by Crippen LogP contribution is -2.49. The van der Waals surface area contributed by atoms with Crippen LogP contribution in [0.1, 0.15) is 35.9 Å². The number of likely N-dealkylation sites (tertiary alicyclic amines) is 1. The van der Waals surface area contributed by atoms with Crippen LogP contribution in [0, 0.1) is 0 Å². The summed E-state index contributed by atoms with van der Waals surface area (Å²) in [5, 5.41) is 5.34. The summed E-state index contributed by atoms with van der Waals surface area (Å²) in [5.41, 5.74) is 0.818. The first-order valence-electron chi connectivity index (χ1n) is 9.34. The van der Waals surface area contributed by atoms with Gasteiger partial charge in [-0.2, -0.15) is 0 Å². The molecule has 0 radical (unpaired) electrons. The third-order valence-electron chi connectivity index (χ3n) is 4.70. The van der Waals surface area contributed by atoms with Gasteiger partial charge in [0.25, 0.3) is 5.91 Å². The van der Waals surface area contributed by atoms with Gasteiger partial charge in [-0.1, -0.05) is 17.4 Å². The van der Waals surface area contributed by atoms with Crippen LogP contribution in [0.4, 0.5) is 5.13 Å². The SMILES string of the molecule is CCOc1ccc2nc(NC(=O)C3CCCCN3C(=O)c3cccs3)sc2c1. The molecule has 146 valence electrons. The molecule has 0 aliphatic carbocycles. The number of amides is 2. The van der Waals surface area contributed by atoms with Crippen LogP contribution in [-0.4, -0.2) is 40.9 Å².